The second-order valence-electron chi connectivity index (χ2n) is 7.26. The maximum Gasteiger partial charge on any atom is 0.319 e. The molecule has 0 spiro atoms. The van der Waals surface area contributed by atoms with Crippen LogP contribution in [0.2, 0.25) is 0 Å². The molecular formula is C18H24N2O3. The first-order valence-electron chi connectivity index (χ1n) is 8.15. The van der Waals surface area contributed by atoms with Gasteiger partial charge in [0.15, 0.2) is 0 Å². The average molecular weight is 316 g/mol. The summed E-state index contributed by atoms with van der Waals surface area (Å²) < 4.78 is 0. The Labute approximate surface area is 136 Å². The lowest BCUT2D eigenvalue weighted by Gasteiger charge is -2.28. The largest absolute Gasteiger partial charge is 0.481 e. The van der Waals surface area contributed by atoms with Gasteiger partial charge in [-0.15, -0.1) is 0 Å². The monoisotopic (exact) mass is 316 g/mol. The maximum atomic E-state index is 12.1. The van der Waals surface area contributed by atoms with Gasteiger partial charge >= 0.3 is 12.0 Å². The van der Waals surface area contributed by atoms with Crippen molar-refractivity contribution in [1.82, 2.24) is 9.80 Å². The summed E-state index contributed by atoms with van der Waals surface area (Å²) in [4.78, 5) is 27.5. The van der Waals surface area contributed by atoms with Crippen molar-refractivity contribution in [3.05, 3.63) is 35.9 Å². The number of likely N-dealkylation sites (tertiary alicyclic amines) is 1. The van der Waals surface area contributed by atoms with E-state index in [9.17, 15) is 14.7 Å². The molecule has 5 nitrogen and oxygen atoms in total. The molecule has 1 saturated heterocycles. The zero-order chi connectivity index (χ0) is 16.6. The quantitative estimate of drug-likeness (QED) is 0.931. The molecular weight excluding hydrogens is 292 g/mol. The van der Waals surface area contributed by atoms with Crippen molar-refractivity contribution < 1.29 is 14.7 Å². The number of carboxylic acids is 1. The molecule has 124 valence electrons. The van der Waals surface area contributed by atoms with Crippen molar-refractivity contribution in [2.75, 3.05) is 27.2 Å². The summed E-state index contributed by atoms with van der Waals surface area (Å²) in [6.45, 7) is 1.37. The van der Waals surface area contributed by atoms with Crippen LogP contribution in [0.3, 0.4) is 0 Å². The highest BCUT2D eigenvalue weighted by molar-refractivity contribution is 5.77. The summed E-state index contributed by atoms with van der Waals surface area (Å²) in [5.74, 6) is -0.0846. The fourth-order valence-electron chi connectivity index (χ4n) is 4.31. The molecule has 3 rings (SSSR count). The normalized spacial score (nSPS) is 29.4. The summed E-state index contributed by atoms with van der Waals surface area (Å²) >= 11 is 0. The van der Waals surface area contributed by atoms with Gasteiger partial charge in [0.2, 0.25) is 0 Å². The van der Waals surface area contributed by atoms with Gasteiger partial charge in [-0.25, -0.2) is 4.79 Å². The van der Waals surface area contributed by atoms with Crippen LogP contribution in [0.25, 0.3) is 0 Å². The summed E-state index contributed by atoms with van der Waals surface area (Å²) in [7, 11) is 3.51. The molecule has 23 heavy (non-hydrogen) atoms. The number of aliphatic carboxylic acids is 1. The van der Waals surface area contributed by atoms with Crippen LogP contribution < -0.4 is 0 Å². The van der Waals surface area contributed by atoms with E-state index in [1.54, 1.807) is 19.0 Å². The van der Waals surface area contributed by atoms with E-state index in [2.05, 4.69) is 0 Å². The van der Waals surface area contributed by atoms with E-state index in [1.807, 2.05) is 35.2 Å². The van der Waals surface area contributed by atoms with Gasteiger partial charge in [0.05, 0.1) is 5.41 Å². The van der Waals surface area contributed by atoms with Crippen LogP contribution in [-0.2, 0) is 11.2 Å². The zero-order valence-corrected chi connectivity index (χ0v) is 13.7. The SMILES string of the molecule is CN(C)C(=O)N1C[C@@H]2C[C@](Cc3ccccc3)(C(=O)O)C[C@@H]2C1. The Bertz CT molecular complexity index is 586. The minimum Gasteiger partial charge on any atom is -0.481 e. The molecule has 3 atom stereocenters. The topological polar surface area (TPSA) is 60.9 Å². The fourth-order valence-corrected chi connectivity index (χ4v) is 4.31. The number of nitrogens with zero attached hydrogens (tertiary/aromatic N) is 2. The number of hydrogen-bond donors (Lipinski definition) is 1. The highest BCUT2D eigenvalue weighted by Crippen LogP contribution is 2.51. The average Bonchev–Trinajstić information content (AvgIpc) is 3.03. The molecule has 1 heterocycles. The van der Waals surface area contributed by atoms with E-state index < -0.39 is 11.4 Å². The summed E-state index contributed by atoms with van der Waals surface area (Å²) in [6, 6.07) is 9.89. The highest BCUT2D eigenvalue weighted by atomic mass is 16.4. The highest BCUT2D eigenvalue weighted by Gasteiger charge is 2.53. The fraction of sp³-hybridized carbons (Fsp3) is 0.556. The molecule has 1 aliphatic heterocycles. The number of carbonyl (C=O) groups is 2. The minimum absolute atomic E-state index is 0.0309. The van der Waals surface area contributed by atoms with E-state index in [4.69, 9.17) is 0 Å². The van der Waals surface area contributed by atoms with Crippen LogP contribution in [-0.4, -0.2) is 54.1 Å². The number of urea groups is 1. The van der Waals surface area contributed by atoms with E-state index in [-0.39, 0.29) is 6.03 Å². The number of rotatable bonds is 3. The molecule has 1 aliphatic carbocycles. The second kappa shape index (κ2) is 5.87. The molecule has 0 aromatic heterocycles. The maximum absolute atomic E-state index is 12.1. The third kappa shape index (κ3) is 2.92. The number of fused-ring (bicyclic) bond motifs is 1. The van der Waals surface area contributed by atoms with Crippen LogP contribution in [0, 0.1) is 17.3 Å². The van der Waals surface area contributed by atoms with Crippen LogP contribution in [0.1, 0.15) is 18.4 Å². The number of amides is 2. The lowest BCUT2D eigenvalue weighted by Crippen LogP contribution is -2.40. The molecule has 0 bridgehead atoms. The smallest absolute Gasteiger partial charge is 0.319 e. The van der Waals surface area contributed by atoms with E-state index >= 15 is 0 Å². The Kier molecular flexibility index (Phi) is 4.04. The second-order valence-corrected chi connectivity index (χ2v) is 7.26. The summed E-state index contributed by atoms with van der Waals surface area (Å²) in [6.07, 6.45) is 1.91. The number of benzene rings is 1. The van der Waals surface area contributed by atoms with Gasteiger partial charge in [-0.2, -0.15) is 0 Å². The molecule has 2 aliphatic rings. The molecule has 0 radical (unpaired) electrons. The Morgan fingerprint density at radius 2 is 1.74 bits per heavy atom. The van der Waals surface area contributed by atoms with Crippen molar-refractivity contribution >= 4 is 12.0 Å². The predicted molar refractivity (Wildman–Crippen MR) is 87.1 cm³/mol. The Morgan fingerprint density at radius 1 is 1.17 bits per heavy atom. The predicted octanol–water partition coefficient (Wildman–Crippen LogP) is 2.32. The first-order chi connectivity index (χ1) is 10.9. The van der Waals surface area contributed by atoms with Gasteiger partial charge in [-0.1, -0.05) is 30.3 Å². The third-order valence-electron chi connectivity index (χ3n) is 5.37. The van der Waals surface area contributed by atoms with E-state index in [1.165, 1.54) is 0 Å². The summed E-state index contributed by atoms with van der Waals surface area (Å²) in [5.41, 5.74) is 0.403. The molecule has 5 heteroatoms. The molecule has 1 saturated carbocycles. The molecule has 1 aromatic rings. The Hall–Kier alpha value is -2.04. The molecule has 1 N–H and O–H groups in total. The van der Waals surface area contributed by atoms with E-state index in [0.717, 1.165) is 5.56 Å². The van der Waals surface area contributed by atoms with Crippen LogP contribution >= 0.6 is 0 Å². The lowest BCUT2D eigenvalue weighted by molar-refractivity contribution is -0.149. The molecule has 2 amide bonds. The van der Waals surface area contributed by atoms with Gasteiger partial charge in [0, 0.05) is 27.2 Å². The van der Waals surface area contributed by atoms with Crippen LogP contribution in [0.15, 0.2) is 30.3 Å². The molecule has 1 aromatic carbocycles. The zero-order valence-electron chi connectivity index (χ0n) is 13.7. The van der Waals surface area contributed by atoms with Crippen molar-refractivity contribution in [2.24, 2.45) is 17.3 Å². The van der Waals surface area contributed by atoms with Gasteiger partial charge in [-0.05, 0) is 36.7 Å². The molecule has 2 fully saturated rings. The Balaban J connectivity index is 1.73. The number of carbonyl (C=O) groups excluding carboxylic acids is 1. The lowest BCUT2D eigenvalue weighted by atomic mass is 9.78. The van der Waals surface area contributed by atoms with Crippen molar-refractivity contribution in [3.8, 4) is 0 Å². The number of carboxylic acid groups (broad SMARTS) is 1. The third-order valence-corrected chi connectivity index (χ3v) is 5.37. The van der Waals surface area contributed by atoms with Gasteiger partial charge < -0.3 is 14.9 Å². The van der Waals surface area contributed by atoms with Crippen molar-refractivity contribution in [2.45, 2.75) is 19.3 Å². The molecule has 0 unspecified atom stereocenters. The van der Waals surface area contributed by atoms with Crippen LogP contribution in [0.4, 0.5) is 4.79 Å². The van der Waals surface area contributed by atoms with Gasteiger partial charge in [-0.3, -0.25) is 4.79 Å². The van der Waals surface area contributed by atoms with Crippen molar-refractivity contribution in [1.29, 1.82) is 0 Å². The first kappa shape index (κ1) is 15.8. The first-order valence-corrected chi connectivity index (χ1v) is 8.15. The van der Waals surface area contributed by atoms with Gasteiger partial charge in [0.25, 0.3) is 0 Å². The standard InChI is InChI=1S/C18H24N2O3/c1-19(2)17(23)20-11-14-9-18(16(21)22,10-15(14)12-20)8-13-6-4-3-5-7-13/h3-7,14-15H,8-12H2,1-2H3,(H,21,22)/t14-,15+,18-. The summed E-state index contributed by atoms with van der Waals surface area (Å²) in [5, 5.41) is 9.85. The van der Waals surface area contributed by atoms with Crippen LogP contribution in [0.5, 0.6) is 0 Å². The van der Waals surface area contributed by atoms with Gasteiger partial charge in [0.1, 0.15) is 0 Å². The number of hydrogen-bond acceptors (Lipinski definition) is 2. The minimum atomic E-state index is -0.693. The van der Waals surface area contributed by atoms with E-state index in [0.29, 0.717) is 44.2 Å². The van der Waals surface area contributed by atoms with Crippen molar-refractivity contribution in [3.63, 3.8) is 0 Å². The Morgan fingerprint density at radius 3 is 2.22 bits per heavy atom.